The van der Waals surface area contributed by atoms with Crippen LogP contribution in [0.15, 0.2) is 29.2 Å². The molecule has 4 heterocycles. The van der Waals surface area contributed by atoms with E-state index in [0.29, 0.717) is 11.8 Å². The number of benzene rings is 1. The Morgan fingerprint density at radius 1 is 1.03 bits per heavy atom. The van der Waals surface area contributed by atoms with Gasteiger partial charge in [-0.15, -0.1) is 0 Å². The Labute approximate surface area is 181 Å². The second-order valence-electron chi connectivity index (χ2n) is 8.29. The molecule has 1 atom stereocenters. The first-order chi connectivity index (χ1) is 14.7. The number of hydrogen-bond acceptors (Lipinski definition) is 7. The van der Waals surface area contributed by atoms with Gasteiger partial charge in [0, 0.05) is 57.5 Å². The summed E-state index contributed by atoms with van der Waals surface area (Å²) in [4.78, 5) is 15.2. The van der Waals surface area contributed by atoms with E-state index in [1.54, 1.807) is 0 Å². The summed E-state index contributed by atoms with van der Waals surface area (Å²) in [5, 5.41) is 3.57. The van der Waals surface area contributed by atoms with Crippen molar-refractivity contribution < 1.29 is 9.29 Å². The van der Waals surface area contributed by atoms with Gasteiger partial charge in [-0.3, -0.25) is 0 Å². The van der Waals surface area contributed by atoms with Crippen molar-refractivity contribution in [3.63, 3.8) is 0 Å². The molecule has 3 aliphatic heterocycles. The molecule has 1 N–H and O–H groups in total. The monoisotopic (exact) mass is 427 g/mol. The van der Waals surface area contributed by atoms with Crippen LogP contribution in [0.2, 0.25) is 0 Å². The lowest BCUT2D eigenvalue weighted by Crippen LogP contribution is -2.47. The van der Waals surface area contributed by atoms with Gasteiger partial charge in [-0.25, -0.2) is 4.98 Å². The van der Waals surface area contributed by atoms with Crippen molar-refractivity contribution in [1.29, 1.82) is 0 Å². The van der Waals surface area contributed by atoms with Crippen LogP contribution >= 0.6 is 0 Å². The third kappa shape index (κ3) is 4.08. The van der Waals surface area contributed by atoms with E-state index in [9.17, 15) is 4.55 Å². The SMILES string of the molecule is Cc1ccc(N2CCN(c3nc4c(c(NC5CCOCC5)n3)[S+]([O-])CC4)CC2)cc1. The molecule has 160 valence electrons. The first-order valence-electron chi connectivity index (χ1n) is 10.9. The Hall–Kier alpha value is -2.03. The quantitative estimate of drug-likeness (QED) is 0.751. The van der Waals surface area contributed by atoms with Crippen LogP contribution in [0.25, 0.3) is 0 Å². The van der Waals surface area contributed by atoms with Gasteiger partial charge in [0.1, 0.15) is 11.4 Å². The minimum atomic E-state index is -1.00. The molecule has 1 aromatic heterocycles. The molecule has 0 spiro atoms. The van der Waals surface area contributed by atoms with E-state index >= 15 is 0 Å². The van der Waals surface area contributed by atoms with Gasteiger partial charge in [-0.2, -0.15) is 4.98 Å². The summed E-state index contributed by atoms with van der Waals surface area (Å²) in [6, 6.07) is 9.05. The first-order valence-corrected chi connectivity index (χ1v) is 12.2. The standard InChI is InChI=1S/C22H29N5O2S/c1-16-2-4-18(5-3-16)26-9-11-27(12-10-26)22-24-19-8-15-30(28)20(19)21(25-22)23-17-6-13-29-14-7-17/h2-5,17H,6-15H2,1H3,(H,23,24,25). The van der Waals surface area contributed by atoms with Gasteiger partial charge in [-0.1, -0.05) is 17.7 Å². The van der Waals surface area contributed by atoms with Crippen LogP contribution in [0.4, 0.5) is 17.5 Å². The lowest BCUT2D eigenvalue weighted by Gasteiger charge is -2.36. The summed E-state index contributed by atoms with van der Waals surface area (Å²) >= 11 is -1.00. The smallest absolute Gasteiger partial charge is 0.228 e. The lowest BCUT2D eigenvalue weighted by molar-refractivity contribution is 0.0903. The number of hydrogen-bond donors (Lipinski definition) is 1. The van der Waals surface area contributed by atoms with Gasteiger partial charge < -0.3 is 24.4 Å². The zero-order valence-electron chi connectivity index (χ0n) is 17.5. The van der Waals surface area contributed by atoms with Crippen molar-refractivity contribution in [3.05, 3.63) is 35.5 Å². The van der Waals surface area contributed by atoms with E-state index in [1.807, 2.05) is 0 Å². The largest absolute Gasteiger partial charge is 0.611 e. The van der Waals surface area contributed by atoms with Crippen LogP contribution in [-0.2, 0) is 22.3 Å². The number of aryl methyl sites for hydroxylation is 2. The van der Waals surface area contributed by atoms with E-state index in [0.717, 1.165) is 81.0 Å². The van der Waals surface area contributed by atoms with Crippen LogP contribution in [-0.4, -0.2) is 65.7 Å². The predicted molar refractivity (Wildman–Crippen MR) is 120 cm³/mol. The van der Waals surface area contributed by atoms with E-state index in [-0.39, 0.29) is 0 Å². The molecule has 2 fully saturated rings. The minimum Gasteiger partial charge on any atom is -0.611 e. The van der Waals surface area contributed by atoms with Gasteiger partial charge in [-0.05, 0) is 43.1 Å². The van der Waals surface area contributed by atoms with Crippen LogP contribution in [0.3, 0.4) is 0 Å². The van der Waals surface area contributed by atoms with Gasteiger partial charge in [0.25, 0.3) is 0 Å². The number of aromatic nitrogens is 2. The van der Waals surface area contributed by atoms with Crippen molar-refractivity contribution in [3.8, 4) is 0 Å². The first kappa shape index (κ1) is 19.9. The van der Waals surface area contributed by atoms with E-state index < -0.39 is 11.2 Å². The molecule has 2 saturated heterocycles. The highest BCUT2D eigenvalue weighted by molar-refractivity contribution is 7.91. The Balaban J connectivity index is 1.33. The molecule has 8 heteroatoms. The lowest BCUT2D eigenvalue weighted by atomic mass is 10.1. The molecule has 1 aromatic carbocycles. The van der Waals surface area contributed by atoms with Gasteiger partial charge >= 0.3 is 0 Å². The van der Waals surface area contributed by atoms with Gasteiger partial charge in [0.05, 0.1) is 0 Å². The zero-order chi connectivity index (χ0) is 20.5. The zero-order valence-corrected chi connectivity index (χ0v) is 18.3. The van der Waals surface area contributed by atoms with Gasteiger partial charge in [0.2, 0.25) is 10.8 Å². The highest BCUT2D eigenvalue weighted by Gasteiger charge is 2.34. The van der Waals surface area contributed by atoms with Crippen molar-refractivity contribution in [1.82, 2.24) is 9.97 Å². The molecule has 0 aliphatic carbocycles. The topological polar surface area (TPSA) is 76.6 Å². The number of nitrogens with zero attached hydrogens (tertiary/aromatic N) is 4. The molecule has 0 amide bonds. The van der Waals surface area contributed by atoms with Gasteiger partial charge in [0.15, 0.2) is 5.82 Å². The number of nitrogens with one attached hydrogen (secondary N) is 1. The van der Waals surface area contributed by atoms with Crippen molar-refractivity contribution >= 4 is 28.6 Å². The van der Waals surface area contributed by atoms with Crippen LogP contribution < -0.4 is 15.1 Å². The summed E-state index contributed by atoms with van der Waals surface area (Å²) in [5.41, 5.74) is 3.51. The maximum atomic E-state index is 12.6. The van der Waals surface area contributed by atoms with Crippen LogP contribution in [0, 0.1) is 6.92 Å². The minimum absolute atomic E-state index is 0.321. The molecule has 3 aliphatic rings. The second-order valence-corrected chi connectivity index (χ2v) is 9.80. The number of ether oxygens (including phenoxy) is 1. The third-order valence-corrected chi connectivity index (χ3v) is 7.66. The summed E-state index contributed by atoms with van der Waals surface area (Å²) < 4.78 is 18.1. The van der Waals surface area contributed by atoms with E-state index in [4.69, 9.17) is 14.7 Å². The maximum Gasteiger partial charge on any atom is 0.228 e. The van der Waals surface area contributed by atoms with Crippen LogP contribution in [0.5, 0.6) is 0 Å². The Bertz CT molecular complexity index is 880. The number of rotatable bonds is 4. The average molecular weight is 428 g/mol. The molecule has 0 radical (unpaired) electrons. The average Bonchev–Trinajstić information content (AvgIpc) is 3.16. The molecule has 0 bridgehead atoms. The molecular weight excluding hydrogens is 398 g/mol. The van der Waals surface area contributed by atoms with Crippen molar-refractivity contribution in [2.24, 2.45) is 0 Å². The predicted octanol–water partition coefficient (Wildman–Crippen LogP) is 2.37. The molecule has 30 heavy (non-hydrogen) atoms. The summed E-state index contributed by atoms with van der Waals surface area (Å²) in [7, 11) is 0. The third-order valence-electron chi connectivity index (χ3n) is 6.20. The fourth-order valence-electron chi connectivity index (χ4n) is 4.38. The molecule has 1 unspecified atom stereocenters. The normalized spacial score (nSPS) is 22.3. The molecule has 5 rings (SSSR count). The molecule has 7 nitrogen and oxygen atoms in total. The summed E-state index contributed by atoms with van der Waals surface area (Å²) in [6.45, 7) is 7.30. The number of fused-ring (bicyclic) bond motifs is 1. The summed E-state index contributed by atoms with van der Waals surface area (Å²) in [6.07, 6.45) is 2.68. The molecular formula is C22H29N5O2S. The van der Waals surface area contributed by atoms with E-state index in [2.05, 4.69) is 46.3 Å². The fourth-order valence-corrected chi connectivity index (χ4v) is 5.69. The Morgan fingerprint density at radius 3 is 2.47 bits per heavy atom. The molecule has 2 aromatic rings. The van der Waals surface area contributed by atoms with Crippen LogP contribution in [0.1, 0.15) is 24.1 Å². The second kappa shape index (κ2) is 8.61. The Morgan fingerprint density at radius 2 is 1.73 bits per heavy atom. The van der Waals surface area contributed by atoms with E-state index in [1.165, 1.54) is 11.3 Å². The summed E-state index contributed by atoms with van der Waals surface area (Å²) in [5.74, 6) is 2.20. The highest BCUT2D eigenvalue weighted by Crippen LogP contribution is 2.33. The van der Waals surface area contributed by atoms with Crippen molar-refractivity contribution in [2.75, 3.05) is 60.3 Å². The number of anilines is 3. The fraction of sp³-hybridized carbons (Fsp3) is 0.545. The van der Waals surface area contributed by atoms with Crippen molar-refractivity contribution in [2.45, 2.75) is 37.1 Å². The molecule has 0 saturated carbocycles. The Kier molecular flexibility index (Phi) is 5.71. The maximum absolute atomic E-state index is 12.6. The highest BCUT2D eigenvalue weighted by atomic mass is 32.2. The number of piperazine rings is 1.